The van der Waals surface area contributed by atoms with Crippen LogP contribution in [-0.2, 0) is 26.0 Å². The number of hydrogen-bond donors (Lipinski definition) is 0. The molecule has 0 bridgehead atoms. The zero-order chi connectivity index (χ0) is 21.7. The molecule has 2 aliphatic heterocycles. The third-order valence-corrected chi connectivity index (χ3v) is 8.00. The van der Waals surface area contributed by atoms with Crippen LogP contribution in [0.15, 0.2) is 59.5 Å². The third kappa shape index (κ3) is 5.34. The summed E-state index contributed by atoms with van der Waals surface area (Å²) in [5.41, 5.74) is 1.87. The van der Waals surface area contributed by atoms with E-state index in [2.05, 4.69) is 0 Å². The summed E-state index contributed by atoms with van der Waals surface area (Å²) in [7, 11) is -3.40. The minimum Gasteiger partial charge on any atom is -0.381 e. The van der Waals surface area contributed by atoms with Gasteiger partial charge in [0.25, 0.3) is 0 Å². The molecule has 2 aliphatic rings. The number of nitrogens with zero attached hydrogens (tertiary/aromatic N) is 2. The van der Waals surface area contributed by atoms with Gasteiger partial charge in [-0.25, -0.2) is 8.42 Å². The molecule has 2 heterocycles. The second-order valence-corrected chi connectivity index (χ2v) is 10.3. The smallest absolute Gasteiger partial charge is 0.243 e. The van der Waals surface area contributed by atoms with Crippen molar-refractivity contribution in [3.63, 3.8) is 0 Å². The monoisotopic (exact) mass is 442 g/mol. The second kappa shape index (κ2) is 9.94. The number of benzene rings is 2. The van der Waals surface area contributed by atoms with Gasteiger partial charge in [-0.15, -0.1) is 0 Å². The minimum absolute atomic E-state index is 0.0758. The maximum absolute atomic E-state index is 13.1. The maximum Gasteiger partial charge on any atom is 0.243 e. The predicted molar refractivity (Wildman–Crippen MR) is 120 cm³/mol. The fourth-order valence-corrected chi connectivity index (χ4v) is 5.75. The Balaban J connectivity index is 1.40. The highest BCUT2D eigenvalue weighted by atomic mass is 32.2. The molecule has 2 aromatic rings. The van der Waals surface area contributed by atoms with Gasteiger partial charge in [-0.05, 0) is 55.5 Å². The molecule has 2 saturated heterocycles. The lowest BCUT2D eigenvalue weighted by Gasteiger charge is -2.25. The number of carbonyl (C=O) groups is 1. The van der Waals surface area contributed by atoms with Gasteiger partial charge in [0.1, 0.15) is 0 Å². The molecular weight excluding hydrogens is 412 g/mol. The highest BCUT2D eigenvalue weighted by molar-refractivity contribution is 7.89. The van der Waals surface area contributed by atoms with Crippen LogP contribution in [0.25, 0.3) is 0 Å². The number of anilines is 1. The van der Waals surface area contributed by atoms with Crippen LogP contribution < -0.4 is 4.90 Å². The number of hydrogen-bond acceptors (Lipinski definition) is 4. The molecule has 0 aliphatic carbocycles. The van der Waals surface area contributed by atoms with Crippen molar-refractivity contribution >= 4 is 21.6 Å². The van der Waals surface area contributed by atoms with E-state index in [9.17, 15) is 13.2 Å². The van der Waals surface area contributed by atoms with Crippen LogP contribution in [0.4, 0.5) is 5.69 Å². The Morgan fingerprint density at radius 3 is 2.39 bits per heavy atom. The SMILES string of the molecule is O=C(CCc1ccc(S(=O)(=O)N2CCCC2)cc1)N(CC1CCOC1)c1ccccc1. The summed E-state index contributed by atoms with van der Waals surface area (Å²) in [4.78, 5) is 15.3. The van der Waals surface area contributed by atoms with Crippen LogP contribution in [0.3, 0.4) is 0 Å². The van der Waals surface area contributed by atoms with Crippen LogP contribution in [0, 0.1) is 5.92 Å². The molecule has 6 nitrogen and oxygen atoms in total. The van der Waals surface area contributed by atoms with Crippen LogP contribution >= 0.6 is 0 Å². The van der Waals surface area contributed by atoms with Gasteiger partial charge in [0.05, 0.1) is 11.5 Å². The molecule has 31 heavy (non-hydrogen) atoms. The summed E-state index contributed by atoms with van der Waals surface area (Å²) in [6.07, 6.45) is 3.77. The fraction of sp³-hybridized carbons (Fsp3) is 0.458. The van der Waals surface area contributed by atoms with Gasteiger partial charge in [0.2, 0.25) is 15.9 Å². The second-order valence-electron chi connectivity index (χ2n) is 8.32. The Labute approximate surface area is 184 Å². The van der Waals surface area contributed by atoms with E-state index in [-0.39, 0.29) is 5.91 Å². The first kappa shape index (κ1) is 22.0. The van der Waals surface area contributed by atoms with Crippen LogP contribution in [-0.4, -0.2) is 51.5 Å². The van der Waals surface area contributed by atoms with E-state index in [1.165, 1.54) is 0 Å². The van der Waals surface area contributed by atoms with E-state index < -0.39 is 10.0 Å². The Morgan fingerprint density at radius 1 is 1.03 bits per heavy atom. The summed E-state index contributed by atoms with van der Waals surface area (Å²) < 4.78 is 32.4. The molecule has 1 amide bonds. The highest BCUT2D eigenvalue weighted by Crippen LogP contribution is 2.23. The number of aryl methyl sites for hydroxylation is 1. The van der Waals surface area contributed by atoms with Gasteiger partial charge in [-0.1, -0.05) is 30.3 Å². The highest BCUT2D eigenvalue weighted by Gasteiger charge is 2.27. The van der Waals surface area contributed by atoms with Gasteiger partial charge in [-0.2, -0.15) is 4.31 Å². The largest absolute Gasteiger partial charge is 0.381 e. The number of ether oxygens (including phenoxy) is 1. The lowest BCUT2D eigenvalue weighted by Crippen LogP contribution is -2.35. The molecule has 0 radical (unpaired) electrons. The van der Waals surface area contributed by atoms with Crippen molar-refractivity contribution in [2.24, 2.45) is 5.92 Å². The molecule has 0 aromatic heterocycles. The molecule has 2 fully saturated rings. The molecule has 1 atom stereocenters. The Hall–Kier alpha value is -2.22. The zero-order valence-corrected chi connectivity index (χ0v) is 18.6. The predicted octanol–water partition coefficient (Wildman–Crippen LogP) is 3.47. The Bertz CT molecular complexity index is 964. The van der Waals surface area contributed by atoms with Crippen molar-refractivity contribution in [2.45, 2.75) is 37.0 Å². The standard InChI is InChI=1S/C24H30N2O4S/c27-24(26(18-21-14-17-30-19-21)22-6-2-1-3-7-22)13-10-20-8-11-23(12-9-20)31(28,29)25-15-4-5-16-25/h1-3,6-9,11-12,21H,4-5,10,13-19H2. The van der Waals surface area contributed by atoms with Crippen molar-refractivity contribution in [1.29, 1.82) is 0 Å². The van der Waals surface area contributed by atoms with Gasteiger partial charge < -0.3 is 9.64 Å². The quantitative estimate of drug-likeness (QED) is 0.628. The molecular formula is C24H30N2O4S. The molecule has 2 aromatic carbocycles. The Kier molecular flexibility index (Phi) is 7.05. The summed E-state index contributed by atoms with van der Waals surface area (Å²) in [5, 5.41) is 0. The average Bonchev–Trinajstić information content (AvgIpc) is 3.51. The fourth-order valence-electron chi connectivity index (χ4n) is 4.24. The zero-order valence-electron chi connectivity index (χ0n) is 17.8. The topological polar surface area (TPSA) is 66.9 Å². The summed E-state index contributed by atoms with van der Waals surface area (Å²) >= 11 is 0. The molecule has 4 rings (SSSR count). The number of rotatable bonds is 8. The first-order valence-corrected chi connectivity index (χ1v) is 12.5. The number of sulfonamides is 1. The molecule has 1 unspecified atom stereocenters. The molecule has 0 spiro atoms. The van der Waals surface area contributed by atoms with Crippen molar-refractivity contribution in [2.75, 3.05) is 37.7 Å². The van der Waals surface area contributed by atoms with E-state index in [1.807, 2.05) is 47.4 Å². The van der Waals surface area contributed by atoms with Gasteiger partial charge in [-0.3, -0.25) is 4.79 Å². The van der Waals surface area contributed by atoms with E-state index >= 15 is 0 Å². The molecule has 166 valence electrons. The maximum atomic E-state index is 13.1. The van der Waals surface area contributed by atoms with Crippen molar-refractivity contribution in [3.8, 4) is 0 Å². The van der Waals surface area contributed by atoms with Crippen molar-refractivity contribution in [1.82, 2.24) is 4.31 Å². The van der Waals surface area contributed by atoms with E-state index in [0.29, 0.717) is 49.9 Å². The lowest BCUT2D eigenvalue weighted by atomic mass is 10.1. The van der Waals surface area contributed by atoms with Gasteiger partial charge in [0.15, 0.2) is 0 Å². The number of amides is 1. The normalized spacial score (nSPS) is 19.5. The summed E-state index contributed by atoms with van der Waals surface area (Å²) in [6.45, 7) is 3.31. The lowest BCUT2D eigenvalue weighted by molar-refractivity contribution is -0.118. The van der Waals surface area contributed by atoms with E-state index in [0.717, 1.165) is 37.1 Å². The first-order valence-electron chi connectivity index (χ1n) is 11.1. The van der Waals surface area contributed by atoms with E-state index in [1.54, 1.807) is 16.4 Å². The molecule has 7 heteroatoms. The Morgan fingerprint density at radius 2 is 1.74 bits per heavy atom. The van der Waals surface area contributed by atoms with Crippen LogP contribution in [0.2, 0.25) is 0 Å². The number of carbonyl (C=O) groups excluding carboxylic acids is 1. The number of para-hydroxylation sites is 1. The van der Waals surface area contributed by atoms with E-state index in [4.69, 9.17) is 4.74 Å². The molecule has 0 saturated carbocycles. The van der Waals surface area contributed by atoms with Crippen LogP contribution in [0.1, 0.15) is 31.2 Å². The van der Waals surface area contributed by atoms with Gasteiger partial charge >= 0.3 is 0 Å². The first-order chi connectivity index (χ1) is 15.0. The van der Waals surface area contributed by atoms with Crippen LogP contribution in [0.5, 0.6) is 0 Å². The van der Waals surface area contributed by atoms with Gasteiger partial charge in [0, 0.05) is 44.3 Å². The minimum atomic E-state index is -3.40. The third-order valence-electron chi connectivity index (χ3n) is 6.09. The van der Waals surface area contributed by atoms with Crippen molar-refractivity contribution in [3.05, 3.63) is 60.2 Å². The summed E-state index contributed by atoms with van der Waals surface area (Å²) in [5.74, 6) is 0.436. The summed E-state index contributed by atoms with van der Waals surface area (Å²) in [6, 6.07) is 16.7. The average molecular weight is 443 g/mol. The van der Waals surface area contributed by atoms with Crippen molar-refractivity contribution < 1.29 is 17.9 Å². The molecule has 0 N–H and O–H groups in total.